The number of rotatable bonds is 4. The van der Waals surface area contributed by atoms with Gasteiger partial charge in [0.1, 0.15) is 4.90 Å². The molecule has 7 heteroatoms. The van der Waals surface area contributed by atoms with Gasteiger partial charge in [0.25, 0.3) is 0 Å². The van der Waals surface area contributed by atoms with Crippen LogP contribution < -0.4 is 0 Å². The highest BCUT2D eigenvalue weighted by atomic mass is 32.2. The summed E-state index contributed by atoms with van der Waals surface area (Å²) in [5.41, 5.74) is 0.580. The molecule has 0 N–H and O–H groups in total. The molecule has 6 nitrogen and oxygen atoms in total. The molecule has 0 spiro atoms. The lowest BCUT2D eigenvalue weighted by Crippen LogP contribution is -2.48. The predicted molar refractivity (Wildman–Crippen MR) is 78.2 cm³/mol. The Balaban J connectivity index is 2.23. The van der Waals surface area contributed by atoms with E-state index >= 15 is 0 Å². The van der Waals surface area contributed by atoms with Gasteiger partial charge < -0.3 is 4.90 Å². The Labute approximate surface area is 121 Å². The fourth-order valence-electron chi connectivity index (χ4n) is 2.41. The fourth-order valence-corrected chi connectivity index (χ4v) is 3.99. The van der Waals surface area contributed by atoms with Crippen LogP contribution in [0.4, 0.5) is 0 Å². The van der Waals surface area contributed by atoms with Crippen LogP contribution in [0.3, 0.4) is 0 Å². The highest BCUT2D eigenvalue weighted by Gasteiger charge is 2.30. The lowest BCUT2D eigenvalue weighted by Gasteiger charge is -2.33. The zero-order valence-corrected chi connectivity index (χ0v) is 13.5. The SMILES string of the molecule is CCN1CCN(S(=O)(=O)c2cn(C(C)C)nc2C)CC1. The first-order valence-corrected chi connectivity index (χ1v) is 8.58. The van der Waals surface area contributed by atoms with Crippen molar-refractivity contribution in [3.05, 3.63) is 11.9 Å². The summed E-state index contributed by atoms with van der Waals surface area (Å²) in [4.78, 5) is 2.60. The van der Waals surface area contributed by atoms with E-state index in [-0.39, 0.29) is 6.04 Å². The lowest BCUT2D eigenvalue weighted by atomic mass is 10.4. The molecule has 0 radical (unpaired) electrons. The van der Waals surface area contributed by atoms with Gasteiger partial charge in [-0.1, -0.05) is 6.92 Å². The predicted octanol–water partition coefficient (Wildman–Crippen LogP) is 1.10. The summed E-state index contributed by atoms with van der Waals surface area (Å²) in [6.45, 7) is 11.5. The number of likely N-dealkylation sites (N-methyl/N-ethyl adjacent to an activating group) is 1. The molecule has 1 fully saturated rings. The van der Waals surface area contributed by atoms with Crippen molar-refractivity contribution in [2.45, 2.75) is 38.6 Å². The molecule has 0 aromatic carbocycles. The number of hydrogen-bond acceptors (Lipinski definition) is 4. The van der Waals surface area contributed by atoms with Crippen LogP contribution in [-0.4, -0.2) is 60.1 Å². The van der Waals surface area contributed by atoms with Crippen molar-refractivity contribution in [2.75, 3.05) is 32.7 Å². The molecule has 0 saturated carbocycles. The van der Waals surface area contributed by atoms with Crippen LogP contribution >= 0.6 is 0 Å². The topological polar surface area (TPSA) is 58.4 Å². The number of aromatic nitrogens is 2. The van der Waals surface area contributed by atoms with Crippen LogP contribution in [0, 0.1) is 6.92 Å². The average Bonchev–Trinajstić information content (AvgIpc) is 2.82. The molecule has 1 aliphatic heterocycles. The molecule has 1 aliphatic rings. The van der Waals surface area contributed by atoms with Gasteiger partial charge in [-0.3, -0.25) is 4.68 Å². The molecule has 0 atom stereocenters. The molecule has 1 aromatic rings. The van der Waals surface area contributed by atoms with Crippen molar-refractivity contribution in [1.29, 1.82) is 0 Å². The normalized spacial score (nSPS) is 18.9. The maximum absolute atomic E-state index is 12.7. The van der Waals surface area contributed by atoms with Gasteiger partial charge >= 0.3 is 0 Å². The smallest absolute Gasteiger partial charge is 0.246 e. The Morgan fingerprint density at radius 3 is 2.30 bits per heavy atom. The van der Waals surface area contributed by atoms with E-state index in [9.17, 15) is 8.42 Å². The third-order valence-electron chi connectivity index (χ3n) is 3.80. The number of aryl methyl sites for hydroxylation is 1. The minimum atomic E-state index is -3.41. The largest absolute Gasteiger partial charge is 0.301 e. The van der Waals surface area contributed by atoms with Crippen LogP contribution in [0.2, 0.25) is 0 Å². The highest BCUT2D eigenvalue weighted by Crippen LogP contribution is 2.21. The number of nitrogens with zero attached hydrogens (tertiary/aromatic N) is 4. The summed E-state index contributed by atoms with van der Waals surface area (Å²) in [7, 11) is -3.41. The monoisotopic (exact) mass is 300 g/mol. The second-order valence-corrected chi connectivity index (χ2v) is 7.40. The van der Waals surface area contributed by atoms with Gasteiger partial charge in [0.05, 0.1) is 5.69 Å². The Morgan fingerprint density at radius 1 is 1.25 bits per heavy atom. The van der Waals surface area contributed by atoms with Gasteiger partial charge in [-0.2, -0.15) is 9.40 Å². The second-order valence-electron chi connectivity index (χ2n) is 5.49. The first kappa shape index (κ1) is 15.5. The summed E-state index contributed by atoms with van der Waals surface area (Å²) in [5, 5.41) is 4.30. The van der Waals surface area contributed by atoms with Gasteiger partial charge in [-0.05, 0) is 27.3 Å². The van der Waals surface area contributed by atoms with E-state index in [1.54, 1.807) is 22.1 Å². The Hall–Kier alpha value is -0.920. The van der Waals surface area contributed by atoms with Crippen LogP contribution in [-0.2, 0) is 10.0 Å². The van der Waals surface area contributed by atoms with Gasteiger partial charge in [-0.25, -0.2) is 8.42 Å². The van der Waals surface area contributed by atoms with E-state index in [0.29, 0.717) is 23.7 Å². The minimum Gasteiger partial charge on any atom is -0.301 e. The Bertz CT molecular complexity index is 557. The molecule has 0 amide bonds. The van der Waals surface area contributed by atoms with E-state index in [4.69, 9.17) is 0 Å². The molecular weight excluding hydrogens is 276 g/mol. The summed E-state index contributed by atoms with van der Waals surface area (Å²) < 4.78 is 28.7. The molecule has 20 heavy (non-hydrogen) atoms. The maximum Gasteiger partial charge on any atom is 0.246 e. The van der Waals surface area contributed by atoms with Crippen LogP contribution in [0.25, 0.3) is 0 Å². The molecule has 0 aliphatic carbocycles. The van der Waals surface area contributed by atoms with Crippen molar-refractivity contribution in [3.63, 3.8) is 0 Å². The van der Waals surface area contributed by atoms with Crippen LogP contribution in [0.15, 0.2) is 11.1 Å². The van der Waals surface area contributed by atoms with Gasteiger partial charge in [0.2, 0.25) is 10.0 Å². The molecule has 2 heterocycles. The van der Waals surface area contributed by atoms with Crippen molar-refractivity contribution >= 4 is 10.0 Å². The number of sulfonamides is 1. The third kappa shape index (κ3) is 2.89. The average molecular weight is 300 g/mol. The second kappa shape index (κ2) is 5.83. The maximum atomic E-state index is 12.7. The first-order valence-electron chi connectivity index (χ1n) is 7.14. The van der Waals surface area contributed by atoms with Crippen molar-refractivity contribution < 1.29 is 8.42 Å². The molecule has 114 valence electrons. The Morgan fingerprint density at radius 2 is 1.85 bits per heavy atom. The molecule has 2 rings (SSSR count). The summed E-state index contributed by atoms with van der Waals surface area (Å²) in [6, 6.07) is 0.162. The molecule has 0 bridgehead atoms. The molecular formula is C13H24N4O2S. The molecule has 0 unspecified atom stereocenters. The third-order valence-corrected chi connectivity index (χ3v) is 5.80. The van der Waals surface area contributed by atoms with Crippen LogP contribution in [0.5, 0.6) is 0 Å². The van der Waals surface area contributed by atoms with E-state index in [2.05, 4.69) is 16.9 Å². The summed E-state index contributed by atoms with van der Waals surface area (Å²) in [6.07, 6.45) is 1.65. The van der Waals surface area contributed by atoms with E-state index in [0.717, 1.165) is 19.6 Å². The van der Waals surface area contributed by atoms with Crippen LogP contribution in [0.1, 0.15) is 32.5 Å². The fraction of sp³-hybridized carbons (Fsp3) is 0.769. The van der Waals surface area contributed by atoms with Gasteiger partial charge in [-0.15, -0.1) is 0 Å². The Kier molecular flexibility index (Phi) is 4.51. The number of hydrogen-bond donors (Lipinski definition) is 0. The van der Waals surface area contributed by atoms with Crippen molar-refractivity contribution in [1.82, 2.24) is 19.0 Å². The quantitative estimate of drug-likeness (QED) is 0.835. The van der Waals surface area contributed by atoms with Gasteiger partial charge in [0.15, 0.2) is 0 Å². The van der Waals surface area contributed by atoms with Crippen molar-refractivity contribution in [3.8, 4) is 0 Å². The lowest BCUT2D eigenvalue weighted by molar-refractivity contribution is 0.196. The number of piperazine rings is 1. The van der Waals surface area contributed by atoms with Crippen molar-refractivity contribution in [2.24, 2.45) is 0 Å². The zero-order chi connectivity index (χ0) is 14.9. The summed E-state index contributed by atoms with van der Waals surface area (Å²) >= 11 is 0. The standard InChI is InChI=1S/C13H24N4O2S/c1-5-15-6-8-16(9-7-15)20(18,19)13-10-17(11(2)3)14-12(13)4/h10-11H,5-9H2,1-4H3. The highest BCUT2D eigenvalue weighted by molar-refractivity contribution is 7.89. The molecule has 1 saturated heterocycles. The van der Waals surface area contributed by atoms with Gasteiger partial charge in [0, 0.05) is 38.4 Å². The minimum absolute atomic E-state index is 0.162. The first-order chi connectivity index (χ1) is 9.36. The zero-order valence-electron chi connectivity index (χ0n) is 12.7. The summed E-state index contributed by atoms with van der Waals surface area (Å²) in [5.74, 6) is 0. The van der Waals surface area contributed by atoms with E-state index in [1.165, 1.54) is 0 Å². The molecule has 1 aromatic heterocycles. The van der Waals surface area contributed by atoms with E-state index < -0.39 is 10.0 Å². The van der Waals surface area contributed by atoms with E-state index in [1.807, 2.05) is 13.8 Å².